The van der Waals surface area contributed by atoms with Gasteiger partial charge in [-0.3, -0.25) is 28.8 Å². The predicted molar refractivity (Wildman–Crippen MR) is 279 cm³/mol. The summed E-state index contributed by atoms with van der Waals surface area (Å²) in [5.74, 6) is -1.43. The number of nitrogens with one attached hydrogen (secondary N) is 6. The summed E-state index contributed by atoms with van der Waals surface area (Å²) in [7, 11) is 3.15. The van der Waals surface area contributed by atoms with Gasteiger partial charge in [-0.05, 0) is 159 Å². The zero-order valence-electron chi connectivity index (χ0n) is 46.6. The SMILES string of the molecule is CC(C)(C)OC(=O)NC1(C)CCCNC1=O.CC(C)(C)OC(=O)NC1CCCNC1=O.CN1CCCC(NC(=O)OC(C)(C)C)C1=O.COC(=O)C(C)CCCN.NC1CCCNC1=O.NCCCC(N)C(=O)O. The number of hydrogen-bond acceptors (Lipinski definition) is 17. The lowest BCUT2D eigenvalue weighted by Gasteiger charge is -2.33. The van der Waals surface area contributed by atoms with Gasteiger partial charge in [0.1, 0.15) is 40.5 Å². The number of alkyl carbamates (subject to hydrolysis) is 3. The van der Waals surface area contributed by atoms with Crippen molar-refractivity contribution >= 4 is 53.8 Å². The van der Waals surface area contributed by atoms with Crippen LogP contribution in [0.5, 0.6) is 0 Å². The number of carbonyl (C=O) groups is 9. The molecule has 25 heteroatoms. The molecule has 0 spiro atoms. The van der Waals surface area contributed by atoms with E-state index in [2.05, 4.69) is 36.6 Å². The molecule has 4 rings (SSSR count). The molecular formula is C49H95N11O14. The number of rotatable bonds is 11. The number of carbonyl (C=O) groups excluding carboxylic acids is 8. The molecule has 0 aromatic rings. The van der Waals surface area contributed by atoms with E-state index in [9.17, 15) is 43.2 Å². The molecule has 430 valence electrons. The number of carboxylic acids is 1. The number of esters is 1. The molecule has 74 heavy (non-hydrogen) atoms. The number of hydrogen-bond donors (Lipinski definition) is 11. The Bertz CT molecular complexity index is 1750. The maximum absolute atomic E-state index is 11.7. The number of nitrogens with two attached hydrogens (primary N) is 4. The molecule has 4 saturated heterocycles. The van der Waals surface area contributed by atoms with Gasteiger partial charge in [-0.1, -0.05) is 6.92 Å². The molecule has 0 radical (unpaired) electrons. The zero-order chi connectivity index (χ0) is 57.5. The third-order valence-corrected chi connectivity index (χ3v) is 10.6. The zero-order valence-corrected chi connectivity index (χ0v) is 46.6. The Morgan fingerprint density at radius 3 is 1.61 bits per heavy atom. The van der Waals surface area contributed by atoms with E-state index >= 15 is 0 Å². The Labute approximate surface area is 438 Å². The molecule has 4 aliphatic heterocycles. The van der Waals surface area contributed by atoms with Crippen LogP contribution in [-0.2, 0) is 47.7 Å². The summed E-state index contributed by atoms with van der Waals surface area (Å²) in [6.45, 7) is 23.7. The highest BCUT2D eigenvalue weighted by Gasteiger charge is 2.38. The molecule has 0 aromatic carbocycles. The quantitative estimate of drug-likeness (QED) is 0.104. The Balaban J connectivity index is 0. The maximum atomic E-state index is 11.7. The molecule has 4 heterocycles. The van der Waals surface area contributed by atoms with E-state index in [1.54, 1.807) is 81.2 Å². The van der Waals surface area contributed by atoms with Crippen LogP contribution in [0.25, 0.3) is 0 Å². The fraction of sp³-hybridized carbons (Fsp3) is 0.816. The first-order valence-corrected chi connectivity index (χ1v) is 25.4. The van der Waals surface area contributed by atoms with Crippen molar-refractivity contribution in [3.05, 3.63) is 0 Å². The summed E-state index contributed by atoms with van der Waals surface area (Å²) >= 11 is 0. The van der Waals surface area contributed by atoms with Crippen molar-refractivity contribution in [1.82, 2.24) is 36.8 Å². The van der Waals surface area contributed by atoms with Crippen LogP contribution in [0.15, 0.2) is 0 Å². The van der Waals surface area contributed by atoms with Crippen molar-refractivity contribution < 1.29 is 67.2 Å². The Morgan fingerprint density at radius 2 is 1.18 bits per heavy atom. The van der Waals surface area contributed by atoms with Crippen molar-refractivity contribution in [3.8, 4) is 0 Å². The Kier molecular flexibility index (Phi) is 34.0. The molecule has 25 nitrogen and oxygen atoms in total. The second kappa shape index (κ2) is 35.6. The molecule has 6 atom stereocenters. The number of carboxylic acid groups (broad SMARTS) is 1. The summed E-state index contributed by atoms with van der Waals surface area (Å²) in [6, 6.07) is -1.88. The average molecular weight is 1060 g/mol. The second-order valence-electron chi connectivity index (χ2n) is 21.3. The van der Waals surface area contributed by atoms with Gasteiger partial charge in [0, 0.05) is 33.2 Å². The minimum atomic E-state index is -0.955. The van der Waals surface area contributed by atoms with Crippen LogP contribution >= 0.6 is 0 Å². The van der Waals surface area contributed by atoms with Crippen LogP contribution in [0.2, 0.25) is 0 Å². The lowest BCUT2D eigenvalue weighted by atomic mass is 9.92. The standard InChI is InChI=1S/2C11H20N2O3.C10H18N2O3.C7H15NO2.C5H12N2O2.C5H10N2O/c1-10(2,3)16-9(15)13-11(4)6-5-7-12-8(11)14;1-11(2,3)16-10(15)12-8-6-5-7-13(4)9(8)14;1-10(2,3)15-9(14)12-7-5-4-6-11-8(7)13;1-6(4-3-5-8)7(9)10-2;6-3-1-2-4(7)5(8)9;6-4-2-1-3-7-5(4)8/h5-7H2,1-4H3,(H,12,14)(H,13,15);8H,5-7H2,1-4H3,(H,12,15);7H,4-6H2,1-3H3,(H,11,13)(H,12,14);6H,3-5,8H2,1-2H3;4H,1-3,6-7H2,(H,8,9);4H,1-3,6H2,(H,7,8). The van der Waals surface area contributed by atoms with Crippen LogP contribution < -0.4 is 54.8 Å². The van der Waals surface area contributed by atoms with E-state index in [1.807, 2.05) is 6.92 Å². The summed E-state index contributed by atoms with van der Waals surface area (Å²) in [4.78, 5) is 102. The van der Waals surface area contributed by atoms with E-state index in [4.69, 9.17) is 42.3 Å². The van der Waals surface area contributed by atoms with E-state index in [-0.39, 0.29) is 41.6 Å². The second-order valence-corrected chi connectivity index (χ2v) is 21.3. The Hall–Kier alpha value is -5.53. The molecule has 0 saturated carbocycles. The first-order valence-electron chi connectivity index (χ1n) is 25.4. The lowest BCUT2D eigenvalue weighted by molar-refractivity contribution is -0.145. The van der Waals surface area contributed by atoms with Crippen LogP contribution in [0.1, 0.15) is 153 Å². The number of nitrogens with zero attached hydrogens (tertiary/aromatic N) is 1. The molecular weight excluding hydrogens is 967 g/mol. The van der Waals surface area contributed by atoms with Crippen molar-refractivity contribution in [2.24, 2.45) is 28.9 Å². The van der Waals surface area contributed by atoms with Gasteiger partial charge < -0.3 is 83.8 Å². The summed E-state index contributed by atoms with van der Waals surface area (Å²) in [5.41, 5.74) is 18.4. The Morgan fingerprint density at radius 1 is 0.716 bits per heavy atom. The van der Waals surface area contributed by atoms with E-state index < -0.39 is 64.7 Å². The minimum Gasteiger partial charge on any atom is -0.480 e. The van der Waals surface area contributed by atoms with Gasteiger partial charge in [0.15, 0.2) is 0 Å². The molecule has 6 unspecified atom stereocenters. The van der Waals surface area contributed by atoms with Crippen molar-refractivity contribution in [3.63, 3.8) is 0 Å². The molecule has 7 amide bonds. The number of ether oxygens (including phenoxy) is 4. The molecule has 0 aromatic heterocycles. The van der Waals surface area contributed by atoms with E-state index in [0.29, 0.717) is 58.3 Å². The van der Waals surface area contributed by atoms with Gasteiger partial charge in [-0.2, -0.15) is 0 Å². The maximum Gasteiger partial charge on any atom is 0.408 e. The van der Waals surface area contributed by atoms with E-state index in [1.165, 1.54) is 7.11 Å². The first kappa shape index (κ1) is 70.5. The van der Waals surface area contributed by atoms with Gasteiger partial charge in [-0.25, -0.2) is 14.4 Å². The first-order chi connectivity index (χ1) is 34.1. The molecule has 15 N–H and O–H groups in total. The van der Waals surface area contributed by atoms with Crippen molar-refractivity contribution in [1.29, 1.82) is 0 Å². The van der Waals surface area contributed by atoms with Gasteiger partial charge in [0.2, 0.25) is 23.6 Å². The van der Waals surface area contributed by atoms with E-state index in [0.717, 1.165) is 58.0 Å². The molecule has 4 aliphatic rings. The number of amides is 7. The lowest BCUT2D eigenvalue weighted by Crippen LogP contribution is -2.60. The predicted octanol–water partition coefficient (Wildman–Crippen LogP) is 2.00. The average Bonchev–Trinajstić information content (AvgIpc) is 3.28. The molecule has 0 bridgehead atoms. The highest BCUT2D eigenvalue weighted by molar-refractivity contribution is 5.90. The van der Waals surface area contributed by atoms with Gasteiger partial charge in [-0.15, -0.1) is 0 Å². The normalized spacial score (nSPS) is 21.3. The van der Waals surface area contributed by atoms with Gasteiger partial charge in [0.25, 0.3) is 0 Å². The van der Waals surface area contributed by atoms with Crippen LogP contribution in [-0.4, -0.2) is 164 Å². The monoisotopic (exact) mass is 1060 g/mol. The summed E-state index contributed by atoms with van der Waals surface area (Å²) in [5, 5.41) is 24.1. The third kappa shape index (κ3) is 34.8. The summed E-state index contributed by atoms with van der Waals surface area (Å²) < 4.78 is 19.8. The van der Waals surface area contributed by atoms with Gasteiger partial charge >= 0.3 is 30.2 Å². The van der Waals surface area contributed by atoms with Crippen LogP contribution in [0.3, 0.4) is 0 Å². The smallest absolute Gasteiger partial charge is 0.408 e. The number of piperidine rings is 4. The topological polar surface area (TPSA) is 390 Å². The number of methoxy groups -OCH3 is 1. The number of likely N-dealkylation sites (N-methyl/N-ethyl adjacent to an activating group) is 1. The highest BCUT2D eigenvalue weighted by Crippen LogP contribution is 2.18. The van der Waals surface area contributed by atoms with Gasteiger partial charge in [0.05, 0.1) is 19.1 Å². The fourth-order valence-corrected chi connectivity index (χ4v) is 6.58. The molecule has 4 fully saturated rings. The molecule has 0 aliphatic carbocycles. The number of likely N-dealkylation sites (tertiary alicyclic amines) is 1. The van der Waals surface area contributed by atoms with Crippen molar-refractivity contribution in [2.45, 2.75) is 200 Å². The summed E-state index contributed by atoms with van der Waals surface area (Å²) in [6.07, 6.45) is 7.73. The number of aliphatic carboxylic acids is 1. The van der Waals surface area contributed by atoms with Crippen LogP contribution in [0, 0.1) is 5.92 Å². The fourth-order valence-electron chi connectivity index (χ4n) is 6.58. The highest BCUT2D eigenvalue weighted by atomic mass is 16.6. The minimum absolute atomic E-state index is 0.00347. The van der Waals surface area contributed by atoms with Crippen LogP contribution in [0.4, 0.5) is 14.4 Å². The largest absolute Gasteiger partial charge is 0.480 e. The van der Waals surface area contributed by atoms with Crippen molar-refractivity contribution in [2.75, 3.05) is 53.4 Å². The third-order valence-electron chi connectivity index (χ3n) is 10.6.